The third kappa shape index (κ3) is 7.32. The zero-order chi connectivity index (χ0) is 31.0. The Bertz CT molecular complexity index is 1580. The monoisotopic (exact) mass is 643 g/mol. The lowest BCUT2D eigenvalue weighted by molar-refractivity contribution is -0.189. The van der Waals surface area contributed by atoms with E-state index in [1.165, 1.54) is 35.1 Å². The second-order valence-electron chi connectivity index (χ2n) is 11.8. The van der Waals surface area contributed by atoms with Gasteiger partial charge in [0.1, 0.15) is 5.15 Å². The molecule has 1 saturated heterocycles. The average molecular weight is 644 g/mol. The van der Waals surface area contributed by atoms with E-state index in [9.17, 15) is 26.4 Å². The predicted molar refractivity (Wildman–Crippen MR) is 151 cm³/mol. The minimum atomic E-state index is -4.27. The van der Waals surface area contributed by atoms with Crippen LogP contribution < -0.4 is 14.8 Å². The van der Waals surface area contributed by atoms with Crippen molar-refractivity contribution in [2.24, 2.45) is 11.3 Å². The molecule has 3 aromatic rings. The van der Waals surface area contributed by atoms with Crippen LogP contribution in [0.15, 0.2) is 41.7 Å². The molecular formula is C27H33ClF3N7O4S. The molecule has 1 amide bonds. The molecule has 0 bridgehead atoms. The van der Waals surface area contributed by atoms with E-state index < -0.39 is 27.5 Å². The van der Waals surface area contributed by atoms with Crippen LogP contribution in [0.3, 0.4) is 0 Å². The van der Waals surface area contributed by atoms with Gasteiger partial charge in [-0.3, -0.25) is 9.48 Å². The minimum absolute atomic E-state index is 0.00641. The van der Waals surface area contributed by atoms with Crippen LogP contribution in [-0.2, 0) is 16.6 Å². The first-order valence-electron chi connectivity index (χ1n) is 13.9. The number of rotatable bonds is 12. The van der Waals surface area contributed by atoms with Crippen LogP contribution in [0.1, 0.15) is 62.7 Å². The Hall–Kier alpha value is -3.17. The molecule has 43 heavy (non-hydrogen) atoms. The van der Waals surface area contributed by atoms with E-state index in [-0.39, 0.29) is 65.3 Å². The van der Waals surface area contributed by atoms with Gasteiger partial charge in [0.2, 0.25) is 5.88 Å². The Labute approximate surface area is 252 Å². The lowest BCUT2D eigenvalue weighted by atomic mass is 9.95. The van der Waals surface area contributed by atoms with Crippen molar-refractivity contribution < 1.29 is 31.1 Å². The Morgan fingerprint density at radius 3 is 2.60 bits per heavy atom. The highest BCUT2D eigenvalue weighted by molar-refractivity contribution is 7.90. The first-order chi connectivity index (χ1) is 20.2. The first-order valence-corrected chi connectivity index (χ1v) is 15.8. The first kappa shape index (κ1) is 31.3. The number of carbonyl (C=O) groups excluding carboxylic acids is 1. The summed E-state index contributed by atoms with van der Waals surface area (Å²) in [5, 5.41) is 11.2. The van der Waals surface area contributed by atoms with Gasteiger partial charge in [-0.2, -0.15) is 26.7 Å². The summed E-state index contributed by atoms with van der Waals surface area (Å²) >= 11 is 6.22. The van der Waals surface area contributed by atoms with Gasteiger partial charge in [0.05, 0.1) is 17.6 Å². The van der Waals surface area contributed by atoms with Crippen molar-refractivity contribution in [2.75, 3.05) is 13.2 Å². The van der Waals surface area contributed by atoms with Gasteiger partial charge in [-0.15, -0.1) is 5.10 Å². The maximum absolute atomic E-state index is 13.1. The molecule has 16 heteroatoms. The highest BCUT2D eigenvalue weighted by Gasteiger charge is 2.62. The number of nitrogens with one attached hydrogen (secondary N) is 2. The molecule has 1 saturated carbocycles. The smallest absolute Gasteiger partial charge is 0.394 e. The molecule has 1 aliphatic heterocycles. The Balaban J connectivity index is 1.14. The largest absolute Gasteiger partial charge is 0.477 e. The number of halogens is 4. The number of amides is 1. The van der Waals surface area contributed by atoms with Gasteiger partial charge < -0.3 is 10.1 Å². The number of aryl methyl sites for hydroxylation is 1. The standard InChI is InChI=1S/C27H33ClF3N7O4S/c1-25(2)16-18(17-32-25)6-12-37-13-8-22(35-37)43(40,41)36-24(39)19-4-5-20(33-23(19)28)38-14-7-21(34-38)42-15-3-9-26(10-11-26)27(29,30)31/h4-5,7-8,13-14,18,32H,3,6,9-12,15-17H2,1-2H3,(H,36,39). The van der Waals surface area contributed by atoms with E-state index in [1.54, 1.807) is 10.9 Å². The van der Waals surface area contributed by atoms with E-state index in [0.29, 0.717) is 12.5 Å². The fourth-order valence-electron chi connectivity index (χ4n) is 5.29. The molecule has 1 atom stereocenters. The highest BCUT2D eigenvalue weighted by Crippen LogP contribution is 2.60. The quantitative estimate of drug-likeness (QED) is 0.218. The molecule has 4 heterocycles. The number of carbonyl (C=O) groups is 1. The molecule has 1 aliphatic carbocycles. The third-order valence-electron chi connectivity index (χ3n) is 7.94. The number of sulfonamides is 1. The normalized spacial score (nSPS) is 19.3. The molecule has 11 nitrogen and oxygen atoms in total. The Morgan fingerprint density at radius 2 is 1.95 bits per heavy atom. The highest BCUT2D eigenvalue weighted by atomic mass is 35.5. The summed E-state index contributed by atoms with van der Waals surface area (Å²) in [4.78, 5) is 16.9. The van der Waals surface area contributed by atoms with Crippen molar-refractivity contribution in [2.45, 2.75) is 75.7 Å². The molecule has 5 rings (SSSR count). The fourth-order valence-corrected chi connectivity index (χ4v) is 6.44. The van der Waals surface area contributed by atoms with Crippen molar-refractivity contribution in [1.82, 2.24) is 34.6 Å². The topological polar surface area (TPSA) is 133 Å². The summed E-state index contributed by atoms with van der Waals surface area (Å²) < 4.78 is 75.2. The maximum atomic E-state index is 13.1. The lowest BCUT2D eigenvalue weighted by Gasteiger charge is -2.18. The number of nitrogens with zero attached hydrogens (tertiary/aromatic N) is 5. The summed E-state index contributed by atoms with van der Waals surface area (Å²) in [6, 6.07) is 5.56. The zero-order valence-corrected chi connectivity index (χ0v) is 25.3. The number of hydrogen-bond acceptors (Lipinski definition) is 8. The molecule has 1 unspecified atom stereocenters. The number of hydrogen-bond donors (Lipinski definition) is 2. The van der Waals surface area contributed by atoms with Crippen molar-refractivity contribution in [3.05, 3.63) is 47.4 Å². The van der Waals surface area contributed by atoms with Crippen molar-refractivity contribution in [1.29, 1.82) is 0 Å². The van der Waals surface area contributed by atoms with Crippen molar-refractivity contribution in [3.63, 3.8) is 0 Å². The summed E-state index contributed by atoms with van der Waals surface area (Å²) in [5.41, 5.74) is -1.66. The second-order valence-corrected chi connectivity index (χ2v) is 13.8. The number of ether oxygens (including phenoxy) is 1. The summed E-state index contributed by atoms with van der Waals surface area (Å²) in [6.45, 7) is 5.81. The number of pyridine rings is 1. The minimum Gasteiger partial charge on any atom is -0.477 e. The predicted octanol–water partition coefficient (Wildman–Crippen LogP) is 4.52. The van der Waals surface area contributed by atoms with Crippen LogP contribution in [0.5, 0.6) is 5.88 Å². The molecular weight excluding hydrogens is 611 g/mol. The Morgan fingerprint density at radius 1 is 1.19 bits per heavy atom. The molecule has 2 aliphatic rings. The summed E-state index contributed by atoms with van der Waals surface area (Å²) in [5.74, 6) is -0.114. The van der Waals surface area contributed by atoms with Gasteiger partial charge >= 0.3 is 6.18 Å². The maximum Gasteiger partial charge on any atom is 0.394 e. The Kier molecular flexibility index (Phi) is 8.53. The van der Waals surface area contributed by atoms with E-state index in [2.05, 4.69) is 34.3 Å². The van der Waals surface area contributed by atoms with Crippen molar-refractivity contribution >= 4 is 27.5 Å². The van der Waals surface area contributed by atoms with Gasteiger partial charge in [-0.25, -0.2) is 14.4 Å². The molecule has 3 aromatic heterocycles. The third-order valence-corrected chi connectivity index (χ3v) is 9.45. The molecule has 0 spiro atoms. The number of alkyl halides is 3. The van der Waals surface area contributed by atoms with E-state index in [1.807, 2.05) is 4.72 Å². The molecule has 2 N–H and O–H groups in total. The second kappa shape index (κ2) is 11.7. The van der Waals surface area contributed by atoms with Gasteiger partial charge in [0.15, 0.2) is 10.8 Å². The fraction of sp³-hybridized carbons (Fsp3) is 0.556. The number of aromatic nitrogens is 5. The van der Waals surface area contributed by atoms with Crippen LogP contribution in [0.25, 0.3) is 5.82 Å². The molecule has 2 fully saturated rings. The van der Waals surface area contributed by atoms with Gasteiger partial charge in [0.25, 0.3) is 15.9 Å². The SMILES string of the molecule is CC1(C)CC(CCn2ccc(S(=O)(=O)NC(=O)c3ccc(-n4ccc(OCCCC5(C(F)(F)F)CC5)n4)nc3Cl)n2)CN1. The van der Waals surface area contributed by atoms with E-state index in [0.717, 1.165) is 19.4 Å². The van der Waals surface area contributed by atoms with Crippen LogP contribution in [0.2, 0.25) is 5.15 Å². The van der Waals surface area contributed by atoms with E-state index in [4.69, 9.17) is 16.3 Å². The lowest BCUT2D eigenvalue weighted by Crippen LogP contribution is -2.31. The van der Waals surface area contributed by atoms with E-state index >= 15 is 0 Å². The molecule has 0 aromatic carbocycles. The van der Waals surface area contributed by atoms with Gasteiger partial charge in [0, 0.05) is 30.5 Å². The summed E-state index contributed by atoms with van der Waals surface area (Å²) in [6.07, 6.45) is 1.28. The van der Waals surface area contributed by atoms with Crippen LogP contribution in [-0.4, -0.2) is 63.7 Å². The van der Waals surface area contributed by atoms with Crippen LogP contribution >= 0.6 is 11.6 Å². The molecule has 0 radical (unpaired) electrons. The molecule has 234 valence electrons. The van der Waals surface area contributed by atoms with Crippen LogP contribution in [0.4, 0.5) is 13.2 Å². The zero-order valence-electron chi connectivity index (χ0n) is 23.7. The van der Waals surface area contributed by atoms with Gasteiger partial charge in [-0.1, -0.05) is 11.6 Å². The summed E-state index contributed by atoms with van der Waals surface area (Å²) in [7, 11) is -4.27. The van der Waals surface area contributed by atoms with Gasteiger partial charge in [-0.05, 0) is 83.0 Å². The van der Waals surface area contributed by atoms with Crippen LogP contribution in [0, 0.1) is 11.3 Å². The van der Waals surface area contributed by atoms with Crippen molar-refractivity contribution in [3.8, 4) is 11.7 Å². The average Bonchev–Trinajstić information content (AvgIpc) is 3.24.